The van der Waals surface area contributed by atoms with Gasteiger partial charge in [0.05, 0.1) is 12.1 Å². The van der Waals surface area contributed by atoms with Crippen molar-refractivity contribution >= 4 is 5.95 Å². The molecule has 1 N–H and O–H groups in total. The number of aliphatic hydroxyl groups is 1. The van der Waals surface area contributed by atoms with Crippen molar-refractivity contribution in [2.24, 2.45) is 0 Å². The van der Waals surface area contributed by atoms with Gasteiger partial charge in [0.2, 0.25) is 5.95 Å². The molecule has 17 heavy (non-hydrogen) atoms. The van der Waals surface area contributed by atoms with Crippen LogP contribution in [0, 0.1) is 6.92 Å². The molecule has 0 saturated carbocycles. The fourth-order valence-corrected chi connectivity index (χ4v) is 1.40. The van der Waals surface area contributed by atoms with Crippen molar-refractivity contribution in [2.75, 3.05) is 18.6 Å². The minimum absolute atomic E-state index is 0.0673. The Bertz CT molecular complexity index is 388. The molecule has 0 aliphatic carbocycles. The van der Waals surface area contributed by atoms with Gasteiger partial charge in [-0.05, 0) is 32.8 Å². The fourth-order valence-electron chi connectivity index (χ4n) is 1.40. The lowest BCUT2D eigenvalue weighted by atomic mass is 10.1. The van der Waals surface area contributed by atoms with Gasteiger partial charge in [0.25, 0.3) is 0 Å². The molecule has 4 heteroatoms. The lowest BCUT2D eigenvalue weighted by Crippen LogP contribution is -2.45. The fraction of sp³-hybridized carbons (Fsp3) is 0.692. The van der Waals surface area contributed by atoms with Crippen molar-refractivity contribution in [3.8, 4) is 0 Å². The SMILES string of the molecule is Cc1cc(C(C)C)nc(N(C)C(C)(C)CO)n1. The van der Waals surface area contributed by atoms with Crippen molar-refractivity contribution in [3.63, 3.8) is 0 Å². The van der Waals surface area contributed by atoms with Gasteiger partial charge in [-0.25, -0.2) is 9.97 Å². The van der Waals surface area contributed by atoms with E-state index in [2.05, 4.69) is 23.8 Å². The summed E-state index contributed by atoms with van der Waals surface area (Å²) in [5.41, 5.74) is 1.63. The molecule has 0 unspecified atom stereocenters. The normalized spacial score (nSPS) is 12.0. The standard InChI is InChI=1S/C13H23N3O/c1-9(2)11-7-10(3)14-12(15-11)16(6)13(4,5)8-17/h7,9,17H,8H2,1-6H3. The van der Waals surface area contributed by atoms with Crippen LogP contribution in [0.2, 0.25) is 0 Å². The van der Waals surface area contributed by atoms with Crippen molar-refractivity contribution in [2.45, 2.75) is 46.1 Å². The zero-order valence-corrected chi connectivity index (χ0v) is 11.7. The molecule has 1 aromatic rings. The third-order valence-corrected chi connectivity index (χ3v) is 3.05. The maximum absolute atomic E-state index is 9.38. The highest BCUT2D eigenvalue weighted by Gasteiger charge is 2.25. The monoisotopic (exact) mass is 237 g/mol. The number of hydrogen-bond acceptors (Lipinski definition) is 4. The van der Waals surface area contributed by atoms with Gasteiger partial charge >= 0.3 is 0 Å². The summed E-state index contributed by atoms with van der Waals surface area (Å²) in [5.74, 6) is 1.05. The molecule has 0 aliphatic heterocycles. The molecule has 1 aromatic heterocycles. The van der Waals surface area contributed by atoms with Crippen molar-refractivity contribution < 1.29 is 5.11 Å². The van der Waals surface area contributed by atoms with Crippen LogP contribution in [-0.2, 0) is 0 Å². The van der Waals surface area contributed by atoms with E-state index in [1.165, 1.54) is 0 Å². The van der Waals surface area contributed by atoms with Gasteiger partial charge in [-0.15, -0.1) is 0 Å². The number of likely N-dealkylation sites (N-methyl/N-ethyl adjacent to an activating group) is 1. The number of anilines is 1. The van der Waals surface area contributed by atoms with Crippen LogP contribution in [-0.4, -0.2) is 34.3 Å². The summed E-state index contributed by atoms with van der Waals surface area (Å²) in [7, 11) is 1.91. The first-order chi connectivity index (χ1) is 7.77. The molecule has 0 bridgehead atoms. The van der Waals surface area contributed by atoms with Crippen LogP contribution >= 0.6 is 0 Å². The summed E-state index contributed by atoms with van der Waals surface area (Å²) >= 11 is 0. The maximum atomic E-state index is 9.38. The van der Waals surface area contributed by atoms with Gasteiger partial charge in [-0.3, -0.25) is 0 Å². The van der Waals surface area contributed by atoms with Gasteiger partial charge in [-0.1, -0.05) is 13.8 Å². The third-order valence-electron chi connectivity index (χ3n) is 3.05. The predicted octanol–water partition coefficient (Wildman–Crippen LogP) is 2.12. The Morgan fingerprint density at radius 2 is 1.94 bits per heavy atom. The van der Waals surface area contributed by atoms with E-state index in [9.17, 15) is 5.11 Å². The smallest absolute Gasteiger partial charge is 0.226 e. The largest absolute Gasteiger partial charge is 0.394 e. The van der Waals surface area contributed by atoms with Crippen LogP contribution < -0.4 is 4.90 Å². The van der Waals surface area contributed by atoms with E-state index in [-0.39, 0.29) is 12.1 Å². The molecule has 1 heterocycles. The zero-order chi connectivity index (χ0) is 13.2. The van der Waals surface area contributed by atoms with E-state index in [0.29, 0.717) is 11.9 Å². The second-order valence-corrected chi connectivity index (χ2v) is 5.42. The number of aryl methyl sites for hydroxylation is 1. The maximum Gasteiger partial charge on any atom is 0.226 e. The molecule has 0 atom stereocenters. The lowest BCUT2D eigenvalue weighted by Gasteiger charge is -2.34. The highest BCUT2D eigenvalue weighted by molar-refractivity contribution is 5.35. The quantitative estimate of drug-likeness (QED) is 0.871. The van der Waals surface area contributed by atoms with E-state index in [4.69, 9.17) is 0 Å². The number of aliphatic hydroxyl groups excluding tert-OH is 1. The van der Waals surface area contributed by atoms with Gasteiger partial charge in [0.15, 0.2) is 0 Å². The van der Waals surface area contributed by atoms with E-state index in [0.717, 1.165) is 11.4 Å². The van der Waals surface area contributed by atoms with Crippen LogP contribution in [0.4, 0.5) is 5.95 Å². The summed E-state index contributed by atoms with van der Waals surface area (Å²) in [6, 6.07) is 2.01. The first-order valence-corrected chi connectivity index (χ1v) is 5.98. The molecule has 0 fully saturated rings. The Morgan fingerprint density at radius 1 is 1.35 bits per heavy atom. The number of nitrogens with zero attached hydrogens (tertiary/aromatic N) is 3. The molecule has 0 radical (unpaired) electrons. The Kier molecular flexibility index (Phi) is 4.09. The Labute approximate surface area is 104 Å². The van der Waals surface area contributed by atoms with Crippen LogP contribution in [0.3, 0.4) is 0 Å². The van der Waals surface area contributed by atoms with Gasteiger partial charge in [-0.2, -0.15) is 0 Å². The highest BCUT2D eigenvalue weighted by Crippen LogP contribution is 2.21. The molecule has 1 rings (SSSR count). The summed E-state index contributed by atoms with van der Waals surface area (Å²) in [6.45, 7) is 10.2. The first-order valence-electron chi connectivity index (χ1n) is 5.98. The highest BCUT2D eigenvalue weighted by atomic mass is 16.3. The topological polar surface area (TPSA) is 49.2 Å². The molecule has 0 saturated heterocycles. The van der Waals surface area contributed by atoms with E-state index >= 15 is 0 Å². The van der Waals surface area contributed by atoms with E-state index in [1.54, 1.807) is 0 Å². The molecule has 0 spiro atoms. The number of rotatable bonds is 4. The van der Waals surface area contributed by atoms with Crippen LogP contribution in [0.15, 0.2) is 6.07 Å². The summed E-state index contributed by atoms with van der Waals surface area (Å²) in [4.78, 5) is 10.9. The summed E-state index contributed by atoms with van der Waals surface area (Å²) < 4.78 is 0. The molecule has 96 valence electrons. The Balaban J connectivity index is 3.14. The molecule has 0 amide bonds. The van der Waals surface area contributed by atoms with E-state index < -0.39 is 0 Å². The number of hydrogen-bond donors (Lipinski definition) is 1. The minimum Gasteiger partial charge on any atom is -0.394 e. The zero-order valence-electron chi connectivity index (χ0n) is 11.7. The van der Waals surface area contributed by atoms with Crippen molar-refractivity contribution in [1.82, 2.24) is 9.97 Å². The molecular weight excluding hydrogens is 214 g/mol. The van der Waals surface area contributed by atoms with Crippen LogP contribution in [0.1, 0.15) is 45.0 Å². The first kappa shape index (κ1) is 13.9. The molecule has 0 aromatic carbocycles. The van der Waals surface area contributed by atoms with Gasteiger partial charge < -0.3 is 10.0 Å². The average Bonchev–Trinajstić information content (AvgIpc) is 2.27. The predicted molar refractivity (Wildman–Crippen MR) is 70.4 cm³/mol. The van der Waals surface area contributed by atoms with Crippen molar-refractivity contribution in [1.29, 1.82) is 0 Å². The van der Waals surface area contributed by atoms with Crippen LogP contribution in [0.25, 0.3) is 0 Å². The minimum atomic E-state index is -0.359. The number of aromatic nitrogens is 2. The van der Waals surface area contributed by atoms with Gasteiger partial charge in [0.1, 0.15) is 0 Å². The molecular formula is C13H23N3O. The molecule has 4 nitrogen and oxygen atoms in total. The summed E-state index contributed by atoms with van der Waals surface area (Å²) in [6.07, 6.45) is 0. The van der Waals surface area contributed by atoms with E-state index in [1.807, 2.05) is 38.8 Å². The van der Waals surface area contributed by atoms with Crippen LogP contribution in [0.5, 0.6) is 0 Å². The Hall–Kier alpha value is -1.16. The second-order valence-electron chi connectivity index (χ2n) is 5.42. The summed E-state index contributed by atoms with van der Waals surface area (Å²) in [5, 5.41) is 9.38. The lowest BCUT2D eigenvalue weighted by molar-refractivity contribution is 0.215. The molecule has 0 aliphatic rings. The average molecular weight is 237 g/mol. The second kappa shape index (κ2) is 5.00. The third kappa shape index (κ3) is 3.16. The van der Waals surface area contributed by atoms with Crippen molar-refractivity contribution in [3.05, 3.63) is 17.5 Å². The van der Waals surface area contributed by atoms with Gasteiger partial charge in [0, 0.05) is 18.4 Å². The Morgan fingerprint density at radius 3 is 2.41 bits per heavy atom.